The van der Waals surface area contributed by atoms with E-state index in [1.165, 1.54) is 17.1 Å². The zero-order valence-electron chi connectivity index (χ0n) is 13.0. The van der Waals surface area contributed by atoms with Crippen LogP contribution in [0.25, 0.3) is 11.3 Å². The van der Waals surface area contributed by atoms with Crippen LogP contribution in [-0.2, 0) is 17.6 Å². The molecule has 0 aliphatic rings. The van der Waals surface area contributed by atoms with E-state index in [1.807, 2.05) is 17.5 Å². The minimum atomic E-state index is -0.355. The second-order valence-electron chi connectivity index (χ2n) is 5.28. The van der Waals surface area contributed by atoms with Gasteiger partial charge in [0, 0.05) is 24.3 Å². The Morgan fingerprint density at radius 3 is 2.88 bits per heavy atom. The fourth-order valence-electron chi connectivity index (χ4n) is 2.30. The van der Waals surface area contributed by atoms with E-state index < -0.39 is 0 Å². The van der Waals surface area contributed by atoms with Crippen molar-refractivity contribution in [3.63, 3.8) is 0 Å². The van der Waals surface area contributed by atoms with Crippen LogP contribution >= 0.6 is 11.3 Å². The molecule has 6 heteroatoms. The van der Waals surface area contributed by atoms with Gasteiger partial charge in [-0.3, -0.25) is 4.79 Å². The van der Waals surface area contributed by atoms with Crippen LogP contribution in [0.15, 0.2) is 52.4 Å². The van der Waals surface area contributed by atoms with Crippen LogP contribution in [0.4, 0.5) is 4.39 Å². The number of hydrogen-bond acceptors (Lipinski definition) is 4. The van der Waals surface area contributed by atoms with Crippen LogP contribution in [0.2, 0.25) is 0 Å². The van der Waals surface area contributed by atoms with Crippen LogP contribution < -0.4 is 5.32 Å². The lowest BCUT2D eigenvalue weighted by atomic mass is 10.2. The van der Waals surface area contributed by atoms with E-state index in [1.54, 1.807) is 29.5 Å². The van der Waals surface area contributed by atoms with Gasteiger partial charge in [0.25, 0.3) is 0 Å². The number of carbonyl (C=O) groups is 1. The Kier molecular flexibility index (Phi) is 5.38. The van der Waals surface area contributed by atoms with Crippen molar-refractivity contribution in [3.05, 3.63) is 64.6 Å². The van der Waals surface area contributed by atoms with Crippen molar-refractivity contribution < 1.29 is 13.6 Å². The molecule has 0 aliphatic heterocycles. The van der Waals surface area contributed by atoms with Gasteiger partial charge in [0.1, 0.15) is 5.82 Å². The number of halogens is 1. The molecule has 0 aliphatic carbocycles. The molecule has 0 saturated heterocycles. The molecular formula is C18H17FN2O2S. The van der Waals surface area contributed by atoms with Crippen molar-refractivity contribution in [2.24, 2.45) is 0 Å². The predicted molar refractivity (Wildman–Crippen MR) is 91.3 cm³/mol. The summed E-state index contributed by atoms with van der Waals surface area (Å²) < 4.78 is 19.2. The number of nitrogens with zero attached hydrogens (tertiary/aromatic N) is 1. The lowest BCUT2D eigenvalue weighted by molar-refractivity contribution is -0.121. The standard InChI is InChI=1S/C18H17FN2O2S/c19-15-6-2-1-5-14(15)16-12-21-18(23-16)8-7-17(22)20-10-9-13-4-3-11-24-13/h1-6,11-12H,7-10H2,(H,20,22). The molecule has 1 aromatic carbocycles. The second-order valence-corrected chi connectivity index (χ2v) is 6.31. The van der Waals surface area contributed by atoms with E-state index in [-0.39, 0.29) is 11.7 Å². The van der Waals surface area contributed by atoms with Crippen LogP contribution in [0.3, 0.4) is 0 Å². The molecular weight excluding hydrogens is 327 g/mol. The number of rotatable bonds is 7. The molecule has 4 nitrogen and oxygen atoms in total. The topological polar surface area (TPSA) is 55.1 Å². The van der Waals surface area contributed by atoms with Gasteiger partial charge in [-0.1, -0.05) is 18.2 Å². The van der Waals surface area contributed by atoms with Crippen LogP contribution in [0.1, 0.15) is 17.2 Å². The van der Waals surface area contributed by atoms with Crippen molar-refractivity contribution in [3.8, 4) is 11.3 Å². The maximum Gasteiger partial charge on any atom is 0.220 e. The lowest BCUT2D eigenvalue weighted by Crippen LogP contribution is -2.25. The van der Waals surface area contributed by atoms with Gasteiger partial charge in [-0.2, -0.15) is 0 Å². The molecule has 3 aromatic rings. The first-order chi connectivity index (χ1) is 11.7. The van der Waals surface area contributed by atoms with Gasteiger partial charge in [-0.05, 0) is 30.0 Å². The summed E-state index contributed by atoms with van der Waals surface area (Å²) >= 11 is 1.68. The highest BCUT2D eigenvalue weighted by Gasteiger charge is 2.11. The number of benzene rings is 1. The van der Waals surface area contributed by atoms with E-state index >= 15 is 0 Å². The van der Waals surface area contributed by atoms with Crippen LogP contribution in [0, 0.1) is 5.82 Å². The SMILES string of the molecule is O=C(CCc1ncc(-c2ccccc2F)o1)NCCc1cccs1. The van der Waals surface area contributed by atoms with E-state index in [4.69, 9.17) is 4.42 Å². The maximum absolute atomic E-state index is 13.7. The summed E-state index contributed by atoms with van der Waals surface area (Å²) in [7, 11) is 0. The summed E-state index contributed by atoms with van der Waals surface area (Å²) in [5.41, 5.74) is 0.372. The maximum atomic E-state index is 13.7. The number of hydrogen-bond donors (Lipinski definition) is 1. The van der Waals surface area contributed by atoms with Gasteiger partial charge in [-0.15, -0.1) is 11.3 Å². The van der Waals surface area contributed by atoms with Crippen LogP contribution in [0.5, 0.6) is 0 Å². The first-order valence-corrected chi connectivity index (χ1v) is 8.59. The molecule has 3 rings (SSSR count). The average molecular weight is 344 g/mol. The minimum absolute atomic E-state index is 0.0443. The number of amides is 1. The molecule has 24 heavy (non-hydrogen) atoms. The lowest BCUT2D eigenvalue weighted by Gasteiger charge is -2.03. The van der Waals surface area contributed by atoms with E-state index in [2.05, 4.69) is 10.3 Å². The zero-order chi connectivity index (χ0) is 16.8. The number of nitrogens with one attached hydrogen (secondary N) is 1. The second kappa shape index (κ2) is 7.88. The molecule has 0 radical (unpaired) electrons. The van der Waals surface area contributed by atoms with Crippen molar-refractivity contribution in [2.75, 3.05) is 6.54 Å². The molecule has 0 saturated carbocycles. The molecule has 1 N–H and O–H groups in total. The number of aromatic nitrogens is 1. The number of oxazole rings is 1. The Bertz CT molecular complexity index is 799. The summed E-state index contributed by atoms with van der Waals surface area (Å²) in [6.07, 6.45) is 3.00. The van der Waals surface area contributed by atoms with E-state index in [0.29, 0.717) is 36.6 Å². The zero-order valence-corrected chi connectivity index (χ0v) is 13.8. The molecule has 2 aromatic heterocycles. The monoisotopic (exact) mass is 344 g/mol. The van der Waals surface area contributed by atoms with Gasteiger partial charge in [0.2, 0.25) is 5.91 Å². The van der Waals surface area contributed by atoms with Gasteiger partial charge in [0.05, 0.1) is 11.8 Å². The third kappa shape index (κ3) is 4.29. The first kappa shape index (κ1) is 16.4. The predicted octanol–water partition coefficient (Wildman–Crippen LogP) is 3.83. The number of thiophene rings is 1. The molecule has 0 spiro atoms. The summed E-state index contributed by atoms with van der Waals surface area (Å²) in [5, 5.41) is 4.90. The molecule has 1 amide bonds. The normalized spacial score (nSPS) is 10.7. The van der Waals surface area contributed by atoms with Crippen molar-refractivity contribution >= 4 is 17.2 Å². The Morgan fingerprint density at radius 2 is 2.08 bits per heavy atom. The Balaban J connectivity index is 1.47. The van der Waals surface area contributed by atoms with E-state index in [9.17, 15) is 9.18 Å². The highest BCUT2D eigenvalue weighted by atomic mass is 32.1. The third-order valence-electron chi connectivity index (χ3n) is 3.53. The fraction of sp³-hybridized carbons (Fsp3) is 0.222. The Morgan fingerprint density at radius 1 is 1.21 bits per heavy atom. The smallest absolute Gasteiger partial charge is 0.220 e. The molecule has 0 fully saturated rings. The van der Waals surface area contributed by atoms with Gasteiger partial charge in [0.15, 0.2) is 11.7 Å². The summed E-state index contributed by atoms with van der Waals surface area (Å²) in [4.78, 5) is 17.2. The van der Waals surface area contributed by atoms with Gasteiger partial charge >= 0.3 is 0 Å². The number of carbonyl (C=O) groups excluding carboxylic acids is 1. The molecule has 124 valence electrons. The number of aryl methyl sites for hydroxylation is 1. The minimum Gasteiger partial charge on any atom is -0.441 e. The van der Waals surface area contributed by atoms with E-state index in [0.717, 1.165) is 6.42 Å². The first-order valence-electron chi connectivity index (χ1n) is 7.71. The van der Waals surface area contributed by atoms with Gasteiger partial charge < -0.3 is 9.73 Å². The van der Waals surface area contributed by atoms with Gasteiger partial charge in [-0.25, -0.2) is 9.37 Å². The summed E-state index contributed by atoms with van der Waals surface area (Å²) in [6.45, 7) is 0.616. The van der Waals surface area contributed by atoms with Crippen molar-refractivity contribution in [1.82, 2.24) is 10.3 Å². The Hall–Kier alpha value is -2.47. The van der Waals surface area contributed by atoms with Crippen molar-refractivity contribution in [1.29, 1.82) is 0 Å². The summed E-state index contributed by atoms with van der Waals surface area (Å²) in [5.74, 6) is 0.409. The molecule has 0 bridgehead atoms. The fourth-order valence-corrected chi connectivity index (χ4v) is 3.01. The summed E-state index contributed by atoms with van der Waals surface area (Å²) in [6, 6.07) is 10.4. The van der Waals surface area contributed by atoms with Crippen LogP contribution in [-0.4, -0.2) is 17.4 Å². The highest BCUT2D eigenvalue weighted by Crippen LogP contribution is 2.23. The van der Waals surface area contributed by atoms with Crippen molar-refractivity contribution in [2.45, 2.75) is 19.3 Å². The largest absolute Gasteiger partial charge is 0.441 e. The molecule has 0 atom stereocenters. The molecule has 2 heterocycles. The highest BCUT2D eigenvalue weighted by molar-refractivity contribution is 7.09. The quantitative estimate of drug-likeness (QED) is 0.709. The third-order valence-corrected chi connectivity index (χ3v) is 4.47. The molecule has 0 unspecified atom stereocenters. The Labute approximate surface area is 143 Å². The average Bonchev–Trinajstić information content (AvgIpc) is 3.25.